The van der Waals surface area contributed by atoms with Crippen LogP contribution in [0.2, 0.25) is 0 Å². The Bertz CT molecular complexity index is 576. The topological polar surface area (TPSA) is 78.7 Å². The highest BCUT2D eigenvalue weighted by Gasteiger charge is 2.19. The van der Waals surface area contributed by atoms with Gasteiger partial charge in [0.1, 0.15) is 0 Å². The van der Waals surface area contributed by atoms with Crippen molar-refractivity contribution < 1.29 is 9.72 Å². The van der Waals surface area contributed by atoms with Gasteiger partial charge in [0, 0.05) is 36.8 Å². The van der Waals surface area contributed by atoms with Gasteiger partial charge in [0.15, 0.2) is 0 Å². The predicted octanol–water partition coefficient (Wildman–Crippen LogP) is 2.73. The number of nitrogens with one attached hydrogen (secondary N) is 1. The summed E-state index contributed by atoms with van der Waals surface area (Å²) in [5.74, 6) is -0.0736. The van der Waals surface area contributed by atoms with E-state index in [9.17, 15) is 14.9 Å². The fourth-order valence-corrected chi connectivity index (χ4v) is 3.17. The second-order valence-electron chi connectivity index (χ2n) is 6.82. The Balaban J connectivity index is 1.67. The standard InChI is InChI=1S/C18H28N4O3/c1-20(13-10-16-5-3-4-12-21(16)2)14-11-18(23)19-15-6-8-17(9-7-15)22(24)25/h6-9,16H,3-5,10-14H2,1-2H3,(H,19,23)/t16-/m1/s1. The lowest BCUT2D eigenvalue weighted by Crippen LogP contribution is -2.38. The molecule has 0 saturated carbocycles. The van der Waals surface area contributed by atoms with Gasteiger partial charge in [-0.1, -0.05) is 6.42 Å². The molecule has 0 radical (unpaired) electrons. The van der Waals surface area contributed by atoms with Crippen LogP contribution in [0.5, 0.6) is 0 Å². The number of amides is 1. The number of nitro benzene ring substituents is 1. The molecule has 1 aromatic rings. The van der Waals surface area contributed by atoms with Crippen LogP contribution in [0, 0.1) is 10.1 Å². The summed E-state index contributed by atoms with van der Waals surface area (Å²) in [7, 11) is 4.24. The molecule has 1 amide bonds. The van der Waals surface area contributed by atoms with Gasteiger partial charge < -0.3 is 15.1 Å². The molecule has 0 aromatic heterocycles. The number of piperidine rings is 1. The molecule has 1 heterocycles. The Labute approximate surface area is 149 Å². The van der Waals surface area contributed by atoms with E-state index in [0.29, 0.717) is 24.7 Å². The average molecular weight is 348 g/mol. The molecule has 138 valence electrons. The van der Waals surface area contributed by atoms with E-state index >= 15 is 0 Å². The summed E-state index contributed by atoms with van der Waals surface area (Å²) >= 11 is 0. The summed E-state index contributed by atoms with van der Waals surface area (Å²) in [6.07, 6.45) is 5.43. The van der Waals surface area contributed by atoms with Gasteiger partial charge in [0.2, 0.25) is 5.91 Å². The van der Waals surface area contributed by atoms with Crippen molar-refractivity contribution in [1.82, 2.24) is 9.80 Å². The van der Waals surface area contributed by atoms with E-state index in [2.05, 4.69) is 22.2 Å². The lowest BCUT2D eigenvalue weighted by atomic mass is 10.00. The van der Waals surface area contributed by atoms with Crippen molar-refractivity contribution in [1.29, 1.82) is 0 Å². The SMILES string of the molecule is CN(CCC(=O)Nc1ccc([N+](=O)[O-])cc1)CC[C@H]1CCCCN1C. The zero-order valence-corrected chi connectivity index (χ0v) is 15.1. The zero-order chi connectivity index (χ0) is 18.2. The summed E-state index contributed by atoms with van der Waals surface area (Å²) < 4.78 is 0. The normalized spacial score (nSPS) is 18.3. The summed E-state index contributed by atoms with van der Waals surface area (Å²) in [6.45, 7) is 2.88. The van der Waals surface area contributed by atoms with E-state index in [1.165, 1.54) is 37.9 Å². The molecular weight excluding hydrogens is 320 g/mol. The fraction of sp³-hybridized carbons (Fsp3) is 0.611. The minimum atomic E-state index is -0.454. The van der Waals surface area contributed by atoms with Crippen LogP contribution >= 0.6 is 0 Å². The number of hydrogen-bond donors (Lipinski definition) is 1. The molecule has 0 aliphatic carbocycles. The Kier molecular flexibility index (Phi) is 7.33. The highest BCUT2D eigenvalue weighted by molar-refractivity contribution is 5.90. The number of likely N-dealkylation sites (tertiary alicyclic amines) is 1. The van der Waals surface area contributed by atoms with E-state index in [-0.39, 0.29) is 11.6 Å². The Morgan fingerprint density at radius 1 is 1.32 bits per heavy atom. The molecule has 1 saturated heterocycles. The number of non-ortho nitro benzene ring substituents is 1. The second-order valence-corrected chi connectivity index (χ2v) is 6.82. The van der Waals surface area contributed by atoms with Gasteiger partial charge in [-0.05, 0) is 58.6 Å². The van der Waals surface area contributed by atoms with Gasteiger partial charge >= 0.3 is 0 Å². The second kappa shape index (κ2) is 9.48. The molecule has 7 heteroatoms. The maximum Gasteiger partial charge on any atom is 0.269 e. The maximum atomic E-state index is 12.0. The molecule has 0 bridgehead atoms. The van der Waals surface area contributed by atoms with Crippen LogP contribution in [0.4, 0.5) is 11.4 Å². The van der Waals surface area contributed by atoms with Crippen LogP contribution in [0.3, 0.4) is 0 Å². The highest BCUT2D eigenvalue weighted by Crippen LogP contribution is 2.18. The molecule has 7 nitrogen and oxygen atoms in total. The minimum absolute atomic E-state index is 0.0189. The number of rotatable bonds is 8. The molecule has 1 fully saturated rings. The Morgan fingerprint density at radius 2 is 2.04 bits per heavy atom. The molecule has 0 unspecified atom stereocenters. The lowest BCUT2D eigenvalue weighted by molar-refractivity contribution is -0.384. The molecule has 1 aromatic carbocycles. The smallest absolute Gasteiger partial charge is 0.269 e. The van der Waals surface area contributed by atoms with E-state index < -0.39 is 4.92 Å². The lowest BCUT2D eigenvalue weighted by Gasteiger charge is -2.33. The quantitative estimate of drug-likeness (QED) is 0.577. The van der Waals surface area contributed by atoms with E-state index in [1.807, 2.05) is 7.05 Å². The van der Waals surface area contributed by atoms with E-state index in [4.69, 9.17) is 0 Å². The first-order valence-electron chi connectivity index (χ1n) is 8.89. The van der Waals surface area contributed by atoms with Gasteiger partial charge in [-0.25, -0.2) is 0 Å². The molecule has 0 spiro atoms. The van der Waals surface area contributed by atoms with E-state index in [1.54, 1.807) is 12.1 Å². The summed E-state index contributed by atoms with van der Waals surface area (Å²) in [6, 6.07) is 6.55. The third-order valence-electron chi connectivity index (χ3n) is 4.85. The predicted molar refractivity (Wildman–Crippen MR) is 98.7 cm³/mol. The summed E-state index contributed by atoms with van der Waals surface area (Å²) in [5.41, 5.74) is 0.604. The number of nitrogens with zero attached hydrogens (tertiary/aromatic N) is 3. The van der Waals surface area contributed by atoms with Crippen LogP contribution in [-0.4, -0.2) is 60.4 Å². The summed E-state index contributed by atoms with van der Waals surface area (Å²) in [4.78, 5) is 26.8. The van der Waals surface area contributed by atoms with Crippen molar-refractivity contribution in [2.24, 2.45) is 0 Å². The molecule has 2 rings (SSSR count). The number of carbonyl (C=O) groups is 1. The fourth-order valence-electron chi connectivity index (χ4n) is 3.17. The minimum Gasteiger partial charge on any atom is -0.326 e. The first-order valence-corrected chi connectivity index (χ1v) is 8.89. The first-order chi connectivity index (χ1) is 12.0. The highest BCUT2D eigenvalue weighted by atomic mass is 16.6. The summed E-state index contributed by atoms with van der Waals surface area (Å²) in [5, 5.41) is 13.4. The van der Waals surface area contributed by atoms with Gasteiger partial charge in [-0.3, -0.25) is 14.9 Å². The van der Waals surface area contributed by atoms with Crippen LogP contribution in [0.1, 0.15) is 32.1 Å². The Hall–Kier alpha value is -1.99. The Morgan fingerprint density at radius 3 is 2.68 bits per heavy atom. The molecule has 25 heavy (non-hydrogen) atoms. The number of carbonyl (C=O) groups excluding carboxylic acids is 1. The van der Waals surface area contributed by atoms with Gasteiger partial charge in [-0.2, -0.15) is 0 Å². The van der Waals surface area contributed by atoms with Gasteiger partial charge in [0.05, 0.1) is 4.92 Å². The van der Waals surface area contributed by atoms with Crippen molar-refractivity contribution in [2.75, 3.05) is 39.0 Å². The maximum absolute atomic E-state index is 12.0. The molecular formula is C18H28N4O3. The molecule has 1 N–H and O–H groups in total. The first kappa shape index (κ1) is 19.3. The molecule has 1 atom stereocenters. The van der Waals surface area contributed by atoms with Crippen molar-refractivity contribution in [3.63, 3.8) is 0 Å². The molecule has 1 aliphatic rings. The largest absolute Gasteiger partial charge is 0.326 e. The van der Waals surface area contributed by atoms with Crippen molar-refractivity contribution in [3.05, 3.63) is 34.4 Å². The van der Waals surface area contributed by atoms with Crippen LogP contribution in [0.15, 0.2) is 24.3 Å². The van der Waals surface area contributed by atoms with E-state index in [0.717, 1.165) is 13.0 Å². The van der Waals surface area contributed by atoms with Crippen molar-refractivity contribution in [2.45, 2.75) is 38.1 Å². The van der Waals surface area contributed by atoms with Crippen LogP contribution < -0.4 is 5.32 Å². The number of nitro groups is 1. The number of hydrogen-bond acceptors (Lipinski definition) is 5. The average Bonchev–Trinajstić information content (AvgIpc) is 2.59. The van der Waals surface area contributed by atoms with Crippen LogP contribution in [-0.2, 0) is 4.79 Å². The van der Waals surface area contributed by atoms with Gasteiger partial charge in [0.25, 0.3) is 5.69 Å². The van der Waals surface area contributed by atoms with Crippen LogP contribution in [0.25, 0.3) is 0 Å². The third kappa shape index (κ3) is 6.43. The zero-order valence-electron chi connectivity index (χ0n) is 15.1. The third-order valence-corrected chi connectivity index (χ3v) is 4.85. The van der Waals surface area contributed by atoms with Crippen molar-refractivity contribution >= 4 is 17.3 Å². The monoisotopic (exact) mass is 348 g/mol. The number of benzene rings is 1. The van der Waals surface area contributed by atoms with Crippen molar-refractivity contribution in [3.8, 4) is 0 Å². The number of anilines is 1. The van der Waals surface area contributed by atoms with Gasteiger partial charge in [-0.15, -0.1) is 0 Å². The molecule has 1 aliphatic heterocycles.